The molecule has 2 aliphatic rings. The van der Waals surface area contributed by atoms with Crippen molar-refractivity contribution in [2.45, 2.75) is 70.9 Å². The zero-order chi connectivity index (χ0) is 23.9. The Balaban J connectivity index is 1.63. The fraction of sp³-hybridized carbons (Fsp3) is 0.414. The molecule has 0 saturated carbocycles. The number of carbonyl (C=O) groups is 1. The maximum absolute atomic E-state index is 13.5. The number of nitrogens with zero attached hydrogens (tertiary/aromatic N) is 2. The van der Waals surface area contributed by atoms with Crippen molar-refractivity contribution in [3.05, 3.63) is 70.9 Å². The number of benzene rings is 2. The molecule has 1 fully saturated rings. The largest absolute Gasteiger partial charge is 0.370 e. The van der Waals surface area contributed by atoms with Crippen LogP contribution in [0.5, 0.6) is 0 Å². The van der Waals surface area contributed by atoms with E-state index in [-0.39, 0.29) is 11.9 Å². The van der Waals surface area contributed by atoms with Crippen molar-refractivity contribution in [3.8, 4) is 17.2 Å². The van der Waals surface area contributed by atoms with E-state index in [1.54, 1.807) is 0 Å². The van der Waals surface area contributed by atoms with Crippen LogP contribution in [0.1, 0.15) is 63.5 Å². The molecular formula is C29H33N3O2. The first-order valence-corrected chi connectivity index (χ1v) is 12.4. The zero-order valence-corrected chi connectivity index (χ0v) is 20.1. The fourth-order valence-electron chi connectivity index (χ4n) is 4.78. The number of unbranched alkanes of at least 4 members (excludes halogenated alkanes) is 1. The second-order valence-corrected chi connectivity index (χ2v) is 9.14. The van der Waals surface area contributed by atoms with Crippen LogP contribution in [0.15, 0.2) is 64.8 Å². The topological polar surface area (TPSA) is 74.5 Å². The van der Waals surface area contributed by atoms with Gasteiger partial charge >= 0.3 is 0 Å². The van der Waals surface area contributed by atoms with Crippen molar-refractivity contribution in [2.24, 2.45) is 4.99 Å². The maximum atomic E-state index is 13.5. The summed E-state index contributed by atoms with van der Waals surface area (Å²) in [6.07, 6.45) is 6.15. The number of nitrogens with one attached hydrogen (secondary N) is 1. The number of ketones is 1. The average molecular weight is 456 g/mol. The molecule has 2 heterocycles. The molecule has 0 bridgehead atoms. The number of aliphatic imine (C=N–C) groups is 1. The van der Waals surface area contributed by atoms with Gasteiger partial charge < -0.3 is 10.1 Å². The number of hydrogen-bond acceptors (Lipinski definition) is 5. The van der Waals surface area contributed by atoms with E-state index in [1.807, 2.05) is 31.2 Å². The number of carbonyl (C=O) groups excluding carboxylic acids is 1. The smallest absolute Gasteiger partial charge is 0.187 e. The van der Waals surface area contributed by atoms with Crippen molar-refractivity contribution in [3.63, 3.8) is 0 Å². The van der Waals surface area contributed by atoms with Crippen molar-refractivity contribution in [1.29, 1.82) is 5.26 Å². The van der Waals surface area contributed by atoms with Crippen LogP contribution in [0.3, 0.4) is 0 Å². The molecule has 4 rings (SSSR count). The van der Waals surface area contributed by atoms with Gasteiger partial charge in [-0.15, -0.1) is 0 Å². The second kappa shape index (κ2) is 11.3. The number of rotatable bonds is 8. The summed E-state index contributed by atoms with van der Waals surface area (Å²) in [6, 6.07) is 17.8. The summed E-state index contributed by atoms with van der Waals surface area (Å²) < 4.78 is 5.85. The summed E-state index contributed by atoms with van der Waals surface area (Å²) in [5.41, 5.74) is 5.83. The van der Waals surface area contributed by atoms with Crippen molar-refractivity contribution >= 4 is 11.6 Å². The SMILES string of the molecule is CCCCC1=C(Cc2ccc(-c3ccccc3C#N)cc2)C(C(=O)C2CCCCO2)NC(C)=N1. The summed E-state index contributed by atoms with van der Waals surface area (Å²) in [6.45, 7) is 4.77. The summed E-state index contributed by atoms with van der Waals surface area (Å²) in [4.78, 5) is 18.3. The van der Waals surface area contributed by atoms with Crippen LogP contribution in [-0.2, 0) is 16.0 Å². The number of hydrogen-bond donors (Lipinski definition) is 1. The molecular weight excluding hydrogens is 422 g/mol. The standard InChI is InChI=1S/C29H33N3O2/c1-3-4-11-26-25(28(32-20(2)31-26)29(33)27-12-7-8-17-34-27)18-21-13-15-22(16-14-21)24-10-6-5-9-23(24)19-30/h5-6,9-10,13-16,27-28H,3-4,7-8,11-12,17-18H2,1-2H3,(H,31,32). The molecule has 5 nitrogen and oxygen atoms in total. The molecule has 0 spiro atoms. The summed E-state index contributed by atoms with van der Waals surface area (Å²) >= 11 is 0. The van der Waals surface area contributed by atoms with Gasteiger partial charge in [-0.2, -0.15) is 5.26 Å². The van der Waals surface area contributed by atoms with E-state index < -0.39 is 6.04 Å². The lowest BCUT2D eigenvalue weighted by Crippen LogP contribution is -2.49. The Hall–Kier alpha value is -3.23. The highest BCUT2D eigenvalue weighted by Gasteiger charge is 2.34. The highest BCUT2D eigenvalue weighted by molar-refractivity contribution is 5.97. The van der Waals surface area contributed by atoms with Gasteiger partial charge in [0, 0.05) is 12.3 Å². The van der Waals surface area contributed by atoms with Crippen molar-refractivity contribution in [2.75, 3.05) is 6.61 Å². The molecule has 34 heavy (non-hydrogen) atoms. The number of amidine groups is 1. The summed E-state index contributed by atoms with van der Waals surface area (Å²) in [7, 11) is 0. The molecule has 1 saturated heterocycles. The highest BCUT2D eigenvalue weighted by atomic mass is 16.5. The van der Waals surface area contributed by atoms with Crippen LogP contribution >= 0.6 is 0 Å². The molecule has 2 aromatic rings. The van der Waals surface area contributed by atoms with Gasteiger partial charge in [-0.3, -0.25) is 4.79 Å². The molecule has 1 N–H and O–H groups in total. The lowest BCUT2D eigenvalue weighted by molar-refractivity contribution is -0.134. The number of allylic oxidation sites excluding steroid dienone is 1. The number of Topliss-reactive ketones (excluding diaryl/α,β-unsaturated/α-hetero) is 1. The van der Waals surface area contributed by atoms with E-state index in [2.05, 4.69) is 42.6 Å². The summed E-state index contributed by atoms with van der Waals surface area (Å²) in [5, 5.41) is 12.8. The molecule has 2 unspecified atom stereocenters. The molecule has 0 radical (unpaired) electrons. The predicted octanol–water partition coefficient (Wildman–Crippen LogP) is 5.74. The van der Waals surface area contributed by atoms with Gasteiger partial charge in [0.05, 0.1) is 17.5 Å². The van der Waals surface area contributed by atoms with Crippen LogP contribution in [0.4, 0.5) is 0 Å². The Morgan fingerprint density at radius 1 is 1.18 bits per heavy atom. The molecule has 176 valence electrons. The normalized spacial score (nSPS) is 20.3. The van der Waals surface area contributed by atoms with E-state index in [0.29, 0.717) is 18.6 Å². The fourth-order valence-corrected chi connectivity index (χ4v) is 4.78. The minimum Gasteiger partial charge on any atom is -0.370 e. The molecule has 2 aromatic carbocycles. The van der Waals surface area contributed by atoms with Gasteiger partial charge in [0.1, 0.15) is 12.1 Å². The van der Waals surface area contributed by atoms with Gasteiger partial charge in [-0.1, -0.05) is 55.8 Å². The van der Waals surface area contributed by atoms with Crippen LogP contribution in [-0.4, -0.2) is 30.4 Å². The first kappa shape index (κ1) is 23.9. The Labute approximate surface area is 202 Å². The number of nitriles is 1. The minimum absolute atomic E-state index is 0.123. The van der Waals surface area contributed by atoms with Crippen LogP contribution < -0.4 is 5.32 Å². The van der Waals surface area contributed by atoms with E-state index >= 15 is 0 Å². The maximum Gasteiger partial charge on any atom is 0.187 e. The average Bonchev–Trinajstić information content (AvgIpc) is 2.89. The molecule has 0 aliphatic carbocycles. The Bertz CT molecular complexity index is 1120. The molecule has 2 aliphatic heterocycles. The van der Waals surface area contributed by atoms with Gasteiger partial charge in [0.2, 0.25) is 0 Å². The van der Waals surface area contributed by atoms with E-state index in [4.69, 9.17) is 9.73 Å². The van der Waals surface area contributed by atoms with Crippen LogP contribution in [0, 0.1) is 11.3 Å². The van der Waals surface area contributed by atoms with E-state index in [9.17, 15) is 10.1 Å². The molecule has 2 atom stereocenters. The van der Waals surface area contributed by atoms with Crippen molar-refractivity contribution in [1.82, 2.24) is 5.32 Å². The lowest BCUT2D eigenvalue weighted by atomic mass is 9.87. The molecule has 0 aromatic heterocycles. The predicted molar refractivity (Wildman–Crippen MR) is 135 cm³/mol. The van der Waals surface area contributed by atoms with Crippen molar-refractivity contribution < 1.29 is 9.53 Å². The first-order valence-electron chi connectivity index (χ1n) is 12.4. The Morgan fingerprint density at radius 2 is 1.97 bits per heavy atom. The molecule has 5 heteroatoms. The van der Waals surface area contributed by atoms with E-state index in [0.717, 1.165) is 72.3 Å². The third-order valence-corrected chi connectivity index (χ3v) is 6.63. The Morgan fingerprint density at radius 3 is 2.68 bits per heavy atom. The van der Waals surface area contributed by atoms with Gasteiger partial charge in [-0.05, 0) is 73.8 Å². The second-order valence-electron chi connectivity index (χ2n) is 9.14. The minimum atomic E-state index is -0.397. The third kappa shape index (κ3) is 5.46. The molecule has 0 amide bonds. The third-order valence-electron chi connectivity index (χ3n) is 6.63. The van der Waals surface area contributed by atoms with Gasteiger partial charge in [0.25, 0.3) is 0 Å². The van der Waals surface area contributed by atoms with Crippen LogP contribution in [0.2, 0.25) is 0 Å². The highest BCUT2D eigenvalue weighted by Crippen LogP contribution is 2.29. The first-order chi connectivity index (χ1) is 16.6. The summed E-state index contributed by atoms with van der Waals surface area (Å²) in [5.74, 6) is 0.921. The van der Waals surface area contributed by atoms with E-state index in [1.165, 1.54) is 0 Å². The monoisotopic (exact) mass is 455 g/mol. The van der Waals surface area contributed by atoms with Gasteiger partial charge in [-0.25, -0.2) is 4.99 Å². The van der Waals surface area contributed by atoms with Crippen LogP contribution in [0.25, 0.3) is 11.1 Å². The quantitative estimate of drug-likeness (QED) is 0.551. The zero-order valence-electron chi connectivity index (χ0n) is 20.1. The number of ether oxygens (including phenoxy) is 1. The Kier molecular flexibility index (Phi) is 7.92. The van der Waals surface area contributed by atoms with Gasteiger partial charge in [0.15, 0.2) is 5.78 Å². The lowest BCUT2D eigenvalue weighted by Gasteiger charge is -2.32.